The lowest BCUT2D eigenvalue weighted by molar-refractivity contribution is 0.0598. The van der Waals surface area contributed by atoms with Gasteiger partial charge in [-0.2, -0.15) is 0 Å². The van der Waals surface area contributed by atoms with Crippen LogP contribution < -0.4 is 10.2 Å². The van der Waals surface area contributed by atoms with Gasteiger partial charge in [0.25, 0.3) is 5.91 Å². The van der Waals surface area contributed by atoms with E-state index in [4.69, 9.17) is 13.9 Å². The second-order valence-electron chi connectivity index (χ2n) is 5.83. The summed E-state index contributed by atoms with van der Waals surface area (Å²) in [5, 5.41) is 2.81. The van der Waals surface area contributed by atoms with Crippen LogP contribution in [0, 0.1) is 6.92 Å². The predicted molar refractivity (Wildman–Crippen MR) is 93.2 cm³/mol. The van der Waals surface area contributed by atoms with Crippen molar-refractivity contribution in [3.05, 3.63) is 47.0 Å². The number of amides is 1. The lowest BCUT2D eigenvalue weighted by Crippen LogP contribution is -2.38. The van der Waals surface area contributed by atoms with Gasteiger partial charge in [0.15, 0.2) is 0 Å². The Morgan fingerprint density at radius 3 is 2.81 bits per heavy atom. The van der Waals surface area contributed by atoms with Crippen molar-refractivity contribution in [2.75, 3.05) is 38.3 Å². The van der Waals surface area contributed by atoms with Gasteiger partial charge in [-0.25, -0.2) is 9.78 Å². The molecule has 0 saturated carbocycles. The molecule has 0 unspecified atom stereocenters. The highest BCUT2D eigenvalue weighted by molar-refractivity contribution is 5.98. The molecule has 3 heterocycles. The van der Waals surface area contributed by atoms with Crippen LogP contribution in [-0.2, 0) is 16.0 Å². The molecule has 138 valence electrons. The number of nitrogens with one attached hydrogen (secondary N) is 1. The van der Waals surface area contributed by atoms with E-state index in [0.29, 0.717) is 54.8 Å². The molecule has 8 heteroatoms. The smallest absolute Gasteiger partial charge is 0.341 e. The predicted octanol–water partition coefficient (Wildman–Crippen LogP) is 1.54. The van der Waals surface area contributed by atoms with E-state index in [1.165, 1.54) is 7.11 Å². The summed E-state index contributed by atoms with van der Waals surface area (Å²) < 4.78 is 15.6. The average Bonchev–Trinajstić information content (AvgIpc) is 3.07. The van der Waals surface area contributed by atoms with Crippen molar-refractivity contribution in [3.63, 3.8) is 0 Å². The standard InChI is InChI=1S/C18H21N3O5/c1-12-15(18(23)24-2)10-13(26-12)11-20-17(22)14-4-3-5-19-16(14)21-6-8-25-9-7-21/h3-5,10H,6-9,11H2,1-2H3,(H,20,22). The number of hydrogen-bond acceptors (Lipinski definition) is 7. The van der Waals surface area contributed by atoms with Crippen LogP contribution in [0.4, 0.5) is 5.82 Å². The minimum absolute atomic E-state index is 0.161. The zero-order chi connectivity index (χ0) is 18.5. The van der Waals surface area contributed by atoms with Gasteiger partial charge in [-0.1, -0.05) is 0 Å². The highest BCUT2D eigenvalue weighted by Crippen LogP contribution is 2.19. The Morgan fingerprint density at radius 2 is 2.08 bits per heavy atom. The number of methoxy groups -OCH3 is 1. The number of esters is 1. The number of carbonyl (C=O) groups excluding carboxylic acids is 2. The third-order valence-corrected chi connectivity index (χ3v) is 4.14. The van der Waals surface area contributed by atoms with Crippen LogP contribution in [0.25, 0.3) is 0 Å². The normalized spacial score (nSPS) is 14.2. The van der Waals surface area contributed by atoms with Crippen LogP contribution >= 0.6 is 0 Å². The fraction of sp³-hybridized carbons (Fsp3) is 0.389. The molecule has 1 aliphatic heterocycles. The van der Waals surface area contributed by atoms with Gasteiger partial charge in [0.1, 0.15) is 22.9 Å². The number of aryl methyl sites for hydroxylation is 1. The first-order chi connectivity index (χ1) is 12.6. The van der Waals surface area contributed by atoms with E-state index in [1.54, 1.807) is 31.3 Å². The number of hydrogen-bond donors (Lipinski definition) is 1. The zero-order valence-electron chi connectivity index (χ0n) is 14.8. The largest absolute Gasteiger partial charge is 0.465 e. The highest BCUT2D eigenvalue weighted by Gasteiger charge is 2.20. The Balaban J connectivity index is 1.70. The summed E-state index contributed by atoms with van der Waals surface area (Å²) in [6.45, 7) is 4.44. The molecule has 1 fully saturated rings. The topological polar surface area (TPSA) is 93.9 Å². The zero-order valence-corrected chi connectivity index (χ0v) is 14.8. The second-order valence-corrected chi connectivity index (χ2v) is 5.83. The number of aromatic nitrogens is 1. The van der Waals surface area contributed by atoms with E-state index < -0.39 is 5.97 Å². The summed E-state index contributed by atoms with van der Waals surface area (Å²) in [5.41, 5.74) is 0.845. The summed E-state index contributed by atoms with van der Waals surface area (Å²) in [6.07, 6.45) is 1.67. The fourth-order valence-corrected chi connectivity index (χ4v) is 2.81. The van der Waals surface area contributed by atoms with Gasteiger partial charge in [0, 0.05) is 19.3 Å². The number of pyridine rings is 1. The first kappa shape index (κ1) is 17.9. The maximum atomic E-state index is 12.6. The molecule has 1 saturated heterocycles. The number of nitrogens with zero attached hydrogens (tertiary/aromatic N) is 2. The minimum Gasteiger partial charge on any atom is -0.465 e. The number of rotatable bonds is 5. The Labute approximate surface area is 151 Å². The van der Waals surface area contributed by atoms with Crippen LogP contribution in [0.2, 0.25) is 0 Å². The molecule has 8 nitrogen and oxygen atoms in total. The molecule has 0 radical (unpaired) electrons. The van der Waals surface area contributed by atoms with Crippen molar-refractivity contribution >= 4 is 17.7 Å². The molecule has 0 aliphatic carbocycles. The van der Waals surface area contributed by atoms with Gasteiger partial charge in [-0.3, -0.25) is 4.79 Å². The molecule has 3 rings (SSSR count). The maximum absolute atomic E-state index is 12.6. The summed E-state index contributed by atoms with van der Waals surface area (Å²) in [7, 11) is 1.31. The molecule has 0 aromatic carbocycles. The summed E-state index contributed by atoms with van der Waals surface area (Å²) in [4.78, 5) is 30.6. The van der Waals surface area contributed by atoms with Crippen LogP contribution in [0.5, 0.6) is 0 Å². The molecule has 26 heavy (non-hydrogen) atoms. The monoisotopic (exact) mass is 359 g/mol. The average molecular weight is 359 g/mol. The number of morpholine rings is 1. The van der Waals surface area contributed by atoms with Crippen molar-refractivity contribution in [1.29, 1.82) is 0 Å². The van der Waals surface area contributed by atoms with Crippen molar-refractivity contribution in [3.8, 4) is 0 Å². The summed E-state index contributed by atoms with van der Waals surface area (Å²) >= 11 is 0. The van der Waals surface area contributed by atoms with E-state index in [1.807, 2.05) is 4.90 Å². The molecule has 2 aromatic heterocycles. The summed E-state index contributed by atoms with van der Waals surface area (Å²) in [5.74, 6) is 0.850. The first-order valence-electron chi connectivity index (χ1n) is 8.33. The minimum atomic E-state index is -0.467. The highest BCUT2D eigenvalue weighted by atomic mass is 16.5. The van der Waals surface area contributed by atoms with Crippen molar-refractivity contribution in [1.82, 2.24) is 10.3 Å². The number of anilines is 1. The van der Waals surface area contributed by atoms with E-state index >= 15 is 0 Å². The van der Waals surface area contributed by atoms with Crippen molar-refractivity contribution < 1.29 is 23.5 Å². The maximum Gasteiger partial charge on any atom is 0.341 e. The molecular formula is C18H21N3O5. The Kier molecular flexibility index (Phi) is 5.52. The van der Waals surface area contributed by atoms with Gasteiger partial charge >= 0.3 is 5.97 Å². The second kappa shape index (κ2) is 8.01. The molecular weight excluding hydrogens is 338 g/mol. The third kappa shape index (κ3) is 3.85. The lowest BCUT2D eigenvalue weighted by atomic mass is 10.2. The molecule has 1 N–H and O–H groups in total. The van der Waals surface area contributed by atoms with Gasteiger partial charge in [0.05, 0.1) is 32.4 Å². The first-order valence-corrected chi connectivity index (χ1v) is 8.33. The van der Waals surface area contributed by atoms with E-state index in [0.717, 1.165) is 0 Å². The van der Waals surface area contributed by atoms with Gasteiger partial charge in [-0.05, 0) is 25.1 Å². The van der Waals surface area contributed by atoms with Gasteiger partial charge < -0.3 is 24.1 Å². The van der Waals surface area contributed by atoms with Crippen LogP contribution in [-0.4, -0.2) is 50.3 Å². The molecule has 1 aliphatic rings. The van der Waals surface area contributed by atoms with Crippen LogP contribution in [0.1, 0.15) is 32.2 Å². The van der Waals surface area contributed by atoms with Crippen molar-refractivity contribution in [2.24, 2.45) is 0 Å². The molecule has 0 atom stereocenters. The van der Waals surface area contributed by atoms with Crippen LogP contribution in [0.15, 0.2) is 28.8 Å². The molecule has 0 spiro atoms. The van der Waals surface area contributed by atoms with Gasteiger partial charge in [-0.15, -0.1) is 0 Å². The lowest BCUT2D eigenvalue weighted by Gasteiger charge is -2.29. The summed E-state index contributed by atoms with van der Waals surface area (Å²) in [6, 6.07) is 5.04. The van der Waals surface area contributed by atoms with Gasteiger partial charge in [0.2, 0.25) is 0 Å². The molecule has 1 amide bonds. The quantitative estimate of drug-likeness (QED) is 0.809. The van der Waals surface area contributed by atoms with Crippen LogP contribution in [0.3, 0.4) is 0 Å². The van der Waals surface area contributed by atoms with Crippen molar-refractivity contribution in [2.45, 2.75) is 13.5 Å². The molecule has 0 bridgehead atoms. The Bertz CT molecular complexity index is 796. The number of ether oxygens (including phenoxy) is 2. The third-order valence-electron chi connectivity index (χ3n) is 4.14. The number of furan rings is 1. The Morgan fingerprint density at radius 1 is 1.31 bits per heavy atom. The fourth-order valence-electron chi connectivity index (χ4n) is 2.81. The Hall–Kier alpha value is -2.87. The van der Waals surface area contributed by atoms with E-state index in [9.17, 15) is 9.59 Å². The number of carbonyl (C=O) groups is 2. The molecule has 2 aromatic rings. The van der Waals surface area contributed by atoms with E-state index in [-0.39, 0.29) is 12.5 Å². The van der Waals surface area contributed by atoms with E-state index in [2.05, 4.69) is 10.3 Å². The SMILES string of the molecule is COC(=O)c1cc(CNC(=O)c2cccnc2N2CCOCC2)oc1C.